The fourth-order valence-electron chi connectivity index (χ4n) is 3.34. The van der Waals surface area contributed by atoms with Gasteiger partial charge in [-0.15, -0.1) is 0 Å². The Bertz CT molecular complexity index is 1390. The highest BCUT2D eigenvalue weighted by molar-refractivity contribution is 6.05. The quantitative estimate of drug-likeness (QED) is 0.354. The predicted molar refractivity (Wildman–Crippen MR) is 97.2 cm³/mol. The van der Waals surface area contributed by atoms with E-state index in [-0.39, 0.29) is 16.6 Å². The maximum Gasteiger partial charge on any atom is 0.332 e. The summed E-state index contributed by atoms with van der Waals surface area (Å²) in [5.74, 6) is 0. The van der Waals surface area contributed by atoms with Gasteiger partial charge in [-0.3, -0.25) is 23.3 Å². The summed E-state index contributed by atoms with van der Waals surface area (Å²) in [5, 5.41) is 1.46. The molecule has 0 amide bonds. The van der Waals surface area contributed by atoms with Gasteiger partial charge in [-0.05, 0) is 24.6 Å². The van der Waals surface area contributed by atoms with Crippen LogP contribution in [0.1, 0.15) is 5.56 Å². The fourth-order valence-corrected chi connectivity index (χ4v) is 3.34. The van der Waals surface area contributed by atoms with Gasteiger partial charge in [0.1, 0.15) is 11.0 Å². The van der Waals surface area contributed by atoms with Crippen molar-refractivity contribution in [2.24, 2.45) is 21.1 Å². The molecule has 25 heavy (non-hydrogen) atoms. The molecule has 0 unspecified atom stereocenters. The van der Waals surface area contributed by atoms with Crippen LogP contribution in [0, 0.1) is 6.92 Å². The van der Waals surface area contributed by atoms with Gasteiger partial charge in [0.15, 0.2) is 0 Å². The predicted octanol–water partition coefficient (Wildman–Crippen LogP) is 0.946. The highest BCUT2D eigenvalue weighted by atomic mass is 16.2. The van der Waals surface area contributed by atoms with Crippen molar-refractivity contribution in [3.8, 4) is 0 Å². The molecule has 0 radical (unpaired) electrons. The topological polar surface area (TPSA) is 78.9 Å². The smallest absolute Gasteiger partial charge is 0.296 e. The Morgan fingerprint density at radius 2 is 1.60 bits per heavy atom. The molecular formula is C18H16N4O3. The highest BCUT2D eigenvalue weighted by Crippen LogP contribution is 2.22. The van der Waals surface area contributed by atoms with Crippen molar-refractivity contribution in [2.75, 3.05) is 0 Å². The molecule has 0 saturated carbocycles. The molecule has 0 atom stereocenters. The third-order valence-corrected chi connectivity index (χ3v) is 4.70. The molecule has 0 aliphatic carbocycles. The number of hydrogen-bond acceptors (Lipinski definition) is 4. The maximum absolute atomic E-state index is 12.8. The van der Waals surface area contributed by atoms with Gasteiger partial charge in [-0.25, -0.2) is 9.78 Å². The Hall–Kier alpha value is -3.22. The SMILES string of the molecule is Cc1ccc2cc3c(=O)n(C)c4c(c(=O)n(C)c(=O)n4C)c3nc2c1. The van der Waals surface area contributed by atoms with Crippen molar-refractivity contribution in [3.63, 3.8) is 0 Å². The molecule has 3 aromatic heterocycles. The second-order valence-electron chi connectivity index (χ2n) is 6.35. The molecule has 4 rings (SSSR count). The van der Waals surface area contributed by atoms with Gasteiger partial charge in [0, 0.05) is 26.5 Å². The molecule has 0 N–H and O–H groups in total. The molecule has 7 nitrogen and oxygen atoms in total. The van der Waals surface area contributed by atoms with E-state index in [1.165, 1.54) is 16.2 Å². The lowest BCUT2D eigenvalue weighted by molar-refractivity contribution is 0.691. The van der Waals surface area contributed by atoms with Crippen molar-refractivity contribution < 1.29 is 0 Å². The van der Waals surface area contributed by atoms with E-state index in [4.69, 9.17) is 0 Å². The van der Waals surface area contributed by atoms with Crippen molar-refractivity contribution in [2.45, 2.75) is 6.92 Å². The first-order valence-electron chi connectivity index (χ1n) is 7.81. The van der Waals surface area contributed by atoms with Gasteiger partial charge >= 0.3 is 5.69 Å². The number of aromatic nitrogens is 4. The summed E-state index contributed by atoms with van der Waals surface area (Å²) in [6.07, 6.45) is 0. The minimum absolute atomic E-state index is 0.269. The van der Waals surface area contributed by atoms with Crippen molar-refractivity contribution in [1.82, 2.24) is 18.7 Å². The van der Waals surface area contributed by atoms with Crippen LogP contribution in [0.25, 0.3) is 32.8 Å². The standard InChI is InChI=1S/C18H16N4O3/c1-9-5-6-10-8-11-14(19-12(10)7-9)13-15(20(2)16(11)23)21(3)18(25)22(4)17(13)24/h5-8H,1-4H3. The summed E-state index contributed by atoms with van der Waals surface area (Å²) in [7, 11) is 4.52. The van der Waals surface area contributed by atoms with Crippen LogP contribution in [-0.4, -0.2) is 18.7 Å². The first-order chi connectivity index (χ1) is 11.8. The van der Waals surface area contributed by atoms with Crippen molar-refractivity contribution in [3.05, 3.63) is 61.0 Å². The second-order valence-corrected chi connectivity index (χ2v) is 6.35. The maximum atomic E-state index is 12.8. The first kappa shape index (κ1) is 15.3. The lowest BCUT2D eigenvalue weighted by Gasteiger charge is -2.13. The molecule has 126 valence electrons. The summed E-state index contributed by atoms with van der Waals surface area (Å²) < 4.78 is 3.68. The van der Waals surface area contributed by atoms with E-state index < -0.39 is 11.2 Å². The molecule has 0 fully saturated rings. The van der Waals surface area contributed by atoms with Gasteiger partial charge in [0.2, 0.25) is 0 Å². The lowest BCUT2D eigenvalue weighted by Crippen LogP contribution is -2.39. The summed E-state index contributed by atoms with van der Waals surface area (Å²) in [6, 6.07) is 7.51. The van der Waals surface area contributed by atoms with Crippen molar-refractivity contribution in [1.29, 1.82) is 0 Å². The van der Waals surface area contributed by atoms with E-state index in [0.29, 0.717) is 16.4 Å². The summed E-state index contributed by atoms with van der Waals surface area (Å²) >= 11 is 0. The molecule has 0 aliphatic rings. The zero-order valence-corrected chi connectivity index (χ0v) is 14.3. The molecule has 0 bridgehead atoms. The third kappa shape index (κ3) is 1.92. The van der Waals surface area contributed by atoms with Crippen molar-refractivity contribution >= 4 is 32.8 Å². The van der Waals surface area contributed by atoms with Crippen LogP contribution in [0.15, 0.2) is 38.6 Å². The number of rotatable bonds is 0. The Balaban J connectivity index is 2.44. The molecule has 3 heterocycles. The largest absolute Gasteiger partial charge is 0.332 e. The minimum atomic E-state index is -0.483. The normalized spacial score (nSPS) is 11.7. The van der Waals surface area contributed by atoms with Crippen LogP contribution in [0.5, 0.6) is 0 Å². The van der Waals surface area contributed by atoms with E-state index in [0.717, 1.165) is 15.5 Å². The van der Waals surface area contributed by atoms with Gasteiger partial charge in [0.25, 0.3) is 11.1 Å². The summed E-state index contributed by atoms with van der Waals surface area (Å²) in [6.45, 7) is 1.95. The van der Waals surface area contributed by atoms with E-state index in [9.17, 15) is 14.4 Å². The minimum Gasteiger partial charge on any atom is -0.296 e. The molecular weight excluding hydrogens is 320 g/mol. The van der Waals surface area contributed by atoms with E-state index >= 15 is 0 Å². The number of aryl methyl sites for hydroxylation is 3. The number of pyridine rings is 2. The van der Waals surface area contributed by atoms with Gasteiger partial charge in [-0.2, -0.15) is 0 Å². The Labute approximate surface area is 141 Å². The fraction of sp³-hybridized carbons (Fsp3) is 0.222. The summed E-state index contributed by atoms with van der Waals surface area (Å²) in [5.41, 5.74) is 1.10. The number of hydrogen-bond donors (Lipinski definition) is 0. The van der Waals surface area contributed by atoms with E-state index in [2.05, 4.69) is 4.98 Å². The third-order valence-electron chi connectivity index (χ3n) is 4.70. The van der Waals surface area contributed by atoms with E-state index in [1.54, 1.807) is 20.2 Å². The molecule has 7 heteroatoms. The monoisotopic (exact) mass is 336 g/mol. The van der Waals surface area contributed by atoms with Crippen LogP contribution in [0.4, 0.5) is 0 Å². The lowest BCUT2D eigenvalue weighted by atomic mass is 10.1. The molecule has 0 aliphatic heterocycles. The van der Waals surface area contributed by atoms with Gasteiger partial charge < -0.3 is 0 Å². The Morgan fingerprint density at radius 3 is 2.32 bits per heavy atom. The highest BCUT2D eigenvalue weighted by Gasteiger charge is 2.18. The zero-order chi connectivity index (χ0) is 18.0. The zero-order valence-electron chi connectivity index (χ0n) is 14.3. The van der Waals surface area contributed by atoms with Crippen LogP contribution in [0.3, 0.4) is 0 Å². The second kappa shape index (κ2) is 4.89. The van der Waals surface area contributed by atoms with Crippen LogP contribution in [0.2, 0.25) is 0 Å². The average Bonchev–Trinajstić information content (AvgIpc) is 2.59. The van der Waals surface area contributed by atoms with Gasteiger partial charge in [0.05, 0.1) is 16.4 Å². The Kier molecular flexibility index (Phi) is 3.00. The number of benzene rings is 1. The Morgan fingerprint density at radius 1 is 0.880 bits per heavy atom. The molecule has 4 aromatic rings. The average molecular weight is 336 g/mol. The van der Waals surface area contributed by atoms with Crippen LogP contribution < -0.4 is 16.8 Å². The molecule has 0 saturated heterocycles. The van der Waals surface area contributed by atoms with Gasteiger partial charge in [-0.1, -0.05) is 12.1 Å². The summed E-state index contributed by atoms with van der Waals surface area (Å²) in [4.78, 5) is 42.4. The van der Waals surface area contributed by atoms with E-state index in [1.807, 2.05) is 25.1 Å². The first-order valence-corrected chi connectivity index (χ1v) is 7.81. The molecule has 1 aromatic carbocycles. The van der Waals surface area contributed by atoms with Crippen LogP contribution in [-0.2, 0) is 21.1 Å². The van der Waals surface area contributed by atoms with Crippen LogP contribution >= 0.6 is 0 Å². The number of nitrogens with zero attached hydrogens (tertiary/aromatic N) is 4. The number of fused-ring (bicyclic) bond motifs is 4. The molecule has 0 spiro atoms.